The first-order chi connectivity index (χ1) is 9.00. The Balaban J connectivity index is 0.00000200. The Morgan fingerprint density at radius 1 is 0.950 bits per heavy atom. The van der Waals surface area contributed by atoms with Crippen LogP contribution in [0.15, 0.2) is 42.5 Å². The number of carbonyl (C=O) groups excluding carboxylic acids is 1. The maximum atomic E-state index is 12.4. The van der Waals surface area contributed by atoms with E-state index in [0.29, 0.717) is 10.9 Å². The van der Waals surface area contributed by atoms with E-state index in [-0.39, 0.29) is 35.1 Å². The van der Waals surface area contributed by atoms with Gasteiger partial charge in [0.25, 0.3) is 0 Å². The third-order valence-electron chi connectivity index (χ3n) is 3.15. The number of carbonyl (C=O) groups is 1. The molecule has 0 aliphatic rings. The molecule has 20 heavy (non-hydrogen) atoms. The summed E-state index contributed by atoms with van der Waals surface area (Å²) < 4.78 is 12.4. The van der Waals surface area contributed by atoms with E-state index in [2.05, 4.69) is 0 Å². The number of hydrogen-bond donors (Lipinski definition) is 0. The van der Waals surface area contributed by atoms with Crippen molar-refractivity contribution in [2.75, 3.05) is 0 Å². The van der Waals surface area contributed by atoms with Gasteiger partial charge in [0, 0.05) is 40.4 Å². The van der Waals surface area contributed by atoms with Gasteiger partial charge in [-0.1, -0.05) is 48.0 Å². The van der Waals surface area contributed by atoms with Crippen molar-refractivity contribution < 1.29 is 9.36 Å². The first-order valence-corrected chi connectivity index (χ1v) is 7.63. The number of aryl methyl sites for hydroxylation is 3. The second-order valence-corrected chi connectivity index (χ2v) is 6.49. The molecule has 1 atom stereocenters. The van der Waals surface area contributed by atoms with Crippen molar-refractivity contribution >= 4 is 48.2 Å². The van der Waals surface area contributed by atoms with Crippen LogP contribution in [0.2, 0.25) is 0 Å². The van der Waals surface area contributed by atoms with Crippen LogP contribution in [0.1, 0.15) is 27.0 Å². The summed E-state index contributed by atoms with van der Waals surface area (Å²) in [5, 5.41) is 0.622. The van der Waals surface area contributed by atoms with Crippen LogP contribution < -0.4 is 5.30 Å². The van der Waals surface area contributed by atoms with Crippen molar-refractivity contribution in [3.63, 3.8) is 0 Å². The maximum Gasteiger partial charge on any atom is 0.223 e. The van der Waals surface area contributed by atoms with Gasteiger partial charge < -0.3 is 4.57 Å². The zero-order valence-electron chi connectivity index (χ0n) is 12.4. The predicted octanol–water partition coefficient (Wildman–Crippen LogP) is 3.26. The third kappa shape index (κ3) is 3.71. The van der Waals surface area contributed by atoms with Crippen molar-refractivity contribution in [1.82, 2.24) is 0 Å². The van der Waals surface area contributed by atoms with E-state index in [1.165, 1.54) is 0 Å². The van der Waals surface area contributed by atoms with Gasteiger partial charge in [0.05, 0.1) is 0 Å². The Morgan fingerprint density at radius 2 is 1.45 bits per heavy atom. The fraction of sp³-hybridized carbons (Fsp3) is 0.188. The molecule has 0 fully saturated rings. The van der Waals surface area contributed by atoms with E-state index in [9.17, 15) is 9.36 Å². The van der Waals surface area contributed by atoms with E-state index in [4.69, 9.17) is 0 Å². The summed E-state index contributed by atoms with van der Waals surface area (Å²) in [6.07, 6.45) is 0. The first-order valence-electron chi connectivity index (χ1n) is 6.22. The van der Waals surface area contributed by atoms with Crippen LogP contribution in [0.25, 0.3) is 0 Å². The number of rotatable bonds is 3. The molecule has 0 amide bonds. The van der Waals surface area contributed by atoms with Gasteiger partial charge in [-0.25, -0.2) is 0 Å². The molecule has 0 saturated heterocycles. The van der Waals surface area contributed by atoms with Crippen molar-refractivity contribution in [2.24, 2.45) is 0 Å². The van der Waals surface area contributed by atoms with Crippen LogP contribution >= 0.6 is 7.80 Å². The summed E-state index contributed by atoms with van der Waals surface area (Å²) in [7, 11) is -2.44. The normalized spacial score (nSPS) is 11.6. The minimum Gasteiger partial charge on any atom is -0.313 e. The van der Waals surface area contributed by atoms with Crippen LogP contribution in [-0.4, -0.2) is 35.1 Å². The molecule has 1 unspecified atom stereocenters. The number of benzene rings is 2. The second-order valence-electron chi connectivity index (χ2n) is 4.80. The molecule has 0 aliphatic carbocycles. The molecule has 99 valence electrons. The van der Waals surface area contributed by atoms with Crippen LogP contribution in [0.4, 0.5) is 0 Å². The number of hydrogen-bond acceptors (Lipinski definition) is 2. The Kier molecular flexibility index (Phi) is 6.42. The Hall–Kier alpha value is -0.660. The summed E-state index contributed by atoms with van der Waals surface area (Å²) in [6.45, 7) is 5.79. The molecule has 2 aromatic carbocycles. The minimum atomic E-state index is -2.44. The predicted molar refractivity (Wildman–Crippen MR) is 85.8 cm³/mol. The smallest absolute Gasteiger partial charge is 0.223 e. The van der Waals surface area contributed by atoms with Crippen molar-refractivity contribution in [1.29, 1.82) is 0 Å². The summed E-state index contributed by atoms with van der Waals surface area (Å²) >= 11 is 0. The molecule has 0 spiro atoms. The largest absolute Gasteiger partial charge is 0.313 e. The molecule has 0 aromatic heterocycles. The van der Waals surface area contributed by atoms with Crippen LogP contribution in [0, 0.1) is 20.8 Å². The average Bonchev–Trinajstić information content (AvgIpc) is 2.37. The van der Waals surface area contributed by atoms with Gasteiger partial charge in [0.2, 0.25) is 5.52 Å². The molecule has 0 aliphatic heterocycles. The maximum absolute atomic E-state index is 12.4. The molecule has 0 saturated carbocycles. The van der Waals surface area contributed by atoms with Gasteiger partial charge >= 0.3 is 0 Å². The molecule has 2 aromatic rings. The van der Waals surface area contributed by atoms with E-state index in [1.807, 2.05) is 39.0 Å². The fourth-order valence-corrected chi connectivity index (χ4v) is 3.75. The quantitative estimate of drug-likeness (QED) is 0.643. The monoisotopic (exact) mass is 295 g/mol. The molecule has 2 nitrogen and oxygen atoms in total. The minimum absolute atomic E-state index is 0. The van der Waals surface area contributed by atoms with E-state index in [1.54, 1.807) is 24.3 Å². The second kappa shape index (κ2) is 7.38. The van der Waals surface area contributed by atoms with Gasteiger partial charge in [0.15, 0.2) is 7.80 Å². The molecule has 2 rings (SSSR count). The van der Waals surface area contributed by atoms with Crippen molar-refractivity contribution in [2.45, 2.75) is 20.8 Å². The molecular weight excluding hydrogens is 278 g/mol. The zero-order chi connectivity index (χ0) is 14.0. The topological polar surface area (TPSA) is 34.1 Å². The summed E-state index contributed by atoms with van der Waals surface area (Å²) in [5.41, 5.74) is 3.28. The summed E-state index contributed by atoms with van der Waals surface area (Å²) in [6, 6.07) is 12.9. The van der Waals surface area contributed by atoms with E-state index >= 15 is 0 Å². The van der Waals surface area contributed by atoms with Gasteiger partial charge in [0.1, 0.15) is 0 Å². The van der Waals surface area contributed by atoms with E-state index in [0.717, 1.165) is 16.7 Å². The molecular formula is C16H17NaO2P. The van der Waals surface area contributed by atoms with Crippen LogP contribution in [0.3, 0.4) is 0 Å². The summed E-state index contributed by atoms with van der Waals surface area (Å²) in [4.78, 5) is 12.4. The van der Waals surface area contributed by atoms with Crippen LogP contribution in [0.5, 0.6) is 0 Å². The summed E-state index contributed by atoms with van der Waals surface area (Å²) in [5.74, 6) is 0. The van der Waals surface area contributed by atoms with Gasteiger partial charge in [-0.05, 0) is 31.9 Å². The van der Waals surface area contributed by atoms with Gasteiger partial charge in [-0.2, -0.15) is 0 Å². The van der Waals surface area contributed by atoms with Gasteiger partial charge in [-0.15, -0.1) is 0 Å². The molecule has 0 heterocycles. The van der Waals surface area contributed by atoms with Gasteiger partial charge in [-0.3, -0.25) is 4.79 Å². The fourth-order valence-electron chi connectivity index (χ4n) is 2.37. The Bertz CT molecular complexity index is 628. The molecule has 1 radical (unpaired) electrons. The first kappa shape index (κ1) is 17.4. The average molecular weight is 295 g/mol. The SMILES string of the molecule is Cc1cc(C)c(C(=O)[PH](=O)c2ccccc2)c(C)c1.[Na]. The van der Waals surface area contributed by atoms with Crippen molar-refractivity contribution in [3.8, 4) is 0 Å². The molecule has 0 N–H and O–H groups in total. The Labute approximate surface area is 142 Å². The van der Waals surface area contributed by atoms with Crippen molar-refractivity contribution in [3.05, 3.63) is 64.7 Å². The standard InChI is InChI=1S/C16H17O2P.Na/c1-11-9-12(2)15(13(3)10-11)16(17)19(18)14-7-5-4-6-8-14;/h4-10,19H,1-3H3;. The van der Waals surface area contributed by atoms with Crippen LogP contribution in [-0.2, 0) is 4.57 Å². The molecule has 4 heteroatoms. The zero-order valence-corrected chi connectivity index (χ0v) is 15.4. The Morgan fingerprint density at radius 3 is 1.95 bits per heavy atom. The van der Waals surface area contributed by atoms with E-state index < -0.39 is 7.80 Å². The third-order valence-corrected chi connectivity index (χ3v) is 4.67. The molecule has 0 bridgehead atoms.